The molecule has 0 saturated carbocycles. The Morgan fingerprint density at radius 3 is 1.58 bits per heavy atom. The van der Waals surface area contributed by atoms with Crippen LogP contribution in [0.15, 0.2) is 36.5 Å². The van der Waals surface area contributed by atoms with Crippen molar-refractivity contribution in [2.75, 3.05) is 0 Å². The van der Waals surface area contributed by atoms with Gasteiger partial charge < -0.3 is 0 Å². The number of pyridine rings is 1. The third-order valence-electron chi connectivity index (χ3n) is 3.64. The highest BCUT2D eigenvalue weighted by atomic mass is 35.5. The predicted octanol–water partition coefficient (Wildman–Crippen LogP) is 8.15. The van der Waals surface area contributed by atoms with Crippen LogP contribution in [0.4, 0.5) is 0 Å². The van der Waals surface area contributed by atoms with Crippen LogP contribution in [0, 0.1) is 0 Å². The molecule has 0 aliphatic rings. The van der Waals surface area contributed by atoms with Crippen LogP contribution in [-0.2, 0) is 0 Å². The SMILES string of the molecule is O=Cc1ncc(-c2cc(Cl)c(Cl)c(Cl)c2)cc1-c1cc(Cl)c(Cl)c(Cl)c1. The van der Waals surface area contributed by atoms with Crippen LogP contribution in [0.3, 0.4) is 0 Å². The van der Waals surface area contributed by atoms with Crippen LogP contribution < -0.4 is 0 Å². The molecule has 3 rings (SSSR count). The van der Waals surface area contributed by atoms with E-state index in [4.69, 9.17) is 69.6 Å². The Labute approximate surface area is 179 Å². The lowest BCUT2D eigenvalue weighted by atomic mass is 9.99. The van der Waals surface area contributed by atoms with Gasteiger partial charge in [-0.3, -0.25) is 9.78 Å². The molecule has 0 atom stereocenters. The van der Waals surface area contributed by atoms with Gasteiger partial charge in [-0.05, 0) is 41.5 Å². The summed E-state index contributed by atoms with van der Waals surface area (Å²) < 4.78 is 0. The highest BCUT2D eigenvalue weighted by molar-refractivity contribution is 6.49. The minimum absolute atomic E-state index is 0.231. The molecule has 0 saturated heterocycles. The fourth-order valence-corrected chi connectivity index (χ4v) is 3.58. The smallest absolute Gasteiger partial charge is 0.169 e. The van der Waals surface area contributed by atoms with Crippen molar-refractivity contribution in [3.63, 3.8) is 0 Å². The Morgan fingerprint density at radius 1 is 0.654 bits per heavy atom. The second-order valence-electron chi connectivity index (χ2n) is 5.28. The fraction of sp³-hybridized carbons (Fsp3) is 0. The van der Waals surface area contributed by atoms with Gasteiger partial charge in [-0.15, -0.1) is 0 Å². The highest BCUT2D eigenvalue weighted by Crippen LogP contribution is 2.38. The Hall–Kier alpha value is -1.000. The van der Waals surface area contributed by atoms with Crippen molar-refractivity contribution in [2.24, 2.45) is 0 Å². The Balaban J connectivity index is 2.21. The number of benzene rings is 2. The molecule has 1 aromatic heterocycles. The summed E-state index contributed by atoms with van der Waals surface area (Å²) in [7, 11) is 0. The van der Waals surface area contributed by atoms with E-state index in [0.29, 0.717) is 38.6 Å². The van der Waals surface area contributed by atoms with Crippen LogP contribution in [0.25, 0.3) is 22.3 Å². The van der Waals surface area contributed by atoms with Crippen molar-refractivity contribution in [3.8, 4) is 22.3 Å². The minimum atomic E-state index is 0.231. The number of aldehydes is 1. The summed E-state index contributed by atoms with van der Waals surface area (Å²) in [4.78, 5) is 15.6. The van der Waals surface area contributed by atoms with Gasteiger partial charge in [-0.1, -0.05) is 69.6 Å². The summed E-state index contributed by atoms with van der Waals surface area (Å²) >= 11 is 36.4. The second-order valence-corrected chi connectivity index (χ2v) is 7.67. The monoisotopic (exact) mass is 463 g/mol. The average Bonchev–Trinajstić information content (AvgIpc) is 2.62. The minimum Gasteiger partial charge on any atom is -0.296 e. The lowest BCUT2D eigenvalue weighted by Crippen LogP contribution is -1.94. The molecular weight excluding hydrogens is 459 g/mol. The van der Waals surface area contributed by atoms with Crippen LogP contribution in [0.1, 0.15) is 10.5 Å². The van der Waals surface area contributed by atoms with E-state index in [9.17, 15) is 4.79 Å². The van der Waals surface area contributed by atoms with Crippen LogP contribution in [-0.4, -0.2) is 11.3 Å². The fourth-order valence-electron chi connectivity index (χ4n) is 2.39. The van der Waals surface area contributed by atoms with Crippen molar-refractivity contribution in [3.05, 3.63) is 72.4 Å². The molecule has 0 radical (unpaired) electrons. The molecule has 0 aliphatic carbocycles. The largest absolute Gasteiger partial charge is 0.296 e. The summed E-state index contributed by atoms with van der Waals surface area (Å²) in [6.07, 6.45) is 2.19. The second kappa shape index (κ2) is 7.93. The lowest BCUT2D eigenvalue weighted by molar-refractivity contribution is 0.111. The summed E-state index contributed by atoms with van der Waals surface area (Å²) in [6, 6.07) is 8.33. The first-order chi connectivity index (χ1) is 12.3. The standard InChI is InChI=1S/C18H7Cl6NO/c19-12-2-8(3-13(20)17(12)23)10-1-11(16(7-26)25-6-10)9-4-14(21)18(24)15(22)5-9/h1-7H. The Morgan fingerprint density at radius 2 is 1.12 bits per heavy atom. The molecule has 0 fully saturated rings. The zero-order valence-corrected chi connectivity index (χ0v) is 17.2. The Bertz CT molecular complexity index is 988. The number of carbonyl (C=O) groups is 1. The van der Waals surface area contributed by atoms with Crippen molar-refractivity contribution < 1.29 is 4.79 Å². The van der Waals surface area contributed by atoms with Crippen LogP contribution in [0.2, 0.25) is 30.1 Å². The van der Waals surface area contributed by atoms with Gasteiger partial charge in [0.15, 0.2) is 6.29 Å². The maximum Gasteiger partial charge on any atom is 0.169 e. The molecule has 0 unspecified atom stereocenters. The molecular formula is C18H7Cl6NO. The molecule has 3 aromatic rings. The maximum atomic E-state index is 11.4. The number of halogens is 6. The van der Waals surface area contributed by atoms with Gasteiger partial charge in [-0.25, -0.2) is 0 Å². The van der Waals surface area contributed by atoms with Gasteiger partial charge >= 0.3 is 0 Å². The molecule has 2 aromatic carbocycles. The third-order valence-corrected chi connectivity index (χ3v) is 6.04. The van der Waals surface area contributed by atoms with E-state index in [1.165, 1.54) is 0 Å². The van der Waals surface area contributed by atoms with E-state index in [1.807, 2.05) is 0 Å². The first-order valence-electron chi connectivity index (χ1n) is 7.07. The van der Waals surface area contributed by atoms with E-state index in [-0.39, 0.29) is 25.8 Å². The normalized spacial score (nSPS) is 10.8. The molecule has 0 bridgehead atoms. The molecule has 1 heterocycles. The van der Waals surface area contributed by atoms with E-state index >= 15 is 0 Å². The number of hydrogen-bond donors (Lipinski definition) is 0. The molecule has 132 valence electrons. The van der Waals surface area contributed by atoms with Gasteiger partial charge in [0.1, 0.15) is 5.69 Å². The van der Waals surface area contributed by atoms with E-state index in [2.05, 4.69) is 4.98 Å². The highest BCUT2D eigenvalue weighted by Gasteiger charge is 2.14. The summed E-state index contributed by atoms with van der Waals surface area (Å²) in [5.74, 6) is 0. The number of aromatic nitrogens is 1. The van der Waals surface area contributed by atoms with E-state index in [0.717, 1.165) is 0 Å². The lowest BCUT2D eigenvalue weighted by Gasteiger charge is -2.11. The number of nitrogens with zero attached hydrogens (tertiary/aromatic N) is 1. The molecule has 8 heteroatoms. The third kappa shape index (κ3) is 3.82. The predicted molar refractivity (Wildman–Crippen MR) is 111 cm³/mol. The average molecular weight is 466 g/mol. The molecule has 26 heavy (non-hydrogen) atoms. The molecule has 0 aliphatic heterocycles. The summed E-state index contributed by atoms with van der Waals surface area (Å²) in [5.41, 5.74) is 2.76. The summed E-state index contributed by atoms with van der Waals surface area (Å²) in [5, 5.41) is 1.68. The van der Waals surface area contributed by atoms with Crippen molar-refractivity contribution >= 4 is 75.9 Å². The van der Waals surface area contributed by atoms with E-state index < -0.39 is 0 Å². The quantitative estimate of drug-likeness (QED) is 0.288. The van der Waals surface area contributed by atoms with Gasteiger partial charge in [0.2, 0.25) is 0 Å². The molecule has 0 N–H and O–H groups in total. The van der Waals surface area contributed by atoms with Gasteiger partial charge in [0.05, 0.1) is 30.1 Å². The van der Waals surface area contributed by atoms with Gasteiger partial charge in [0.25, 0.3) is 0 Å². The molecule has 0 amide bonds. The number of hydrogen-bond acceptors (Lipinski definition) is 2. The first kappa shape index (κ1) is 19.8. The zero-order valence-electron chi connectivity index (χ0n) is 12.7. The van der Waals surface area contributed by atoms with E-state index in [1.54, 1.807) is 36.5 Å². The maximum absolute atomic E-state index is 11.4. The van der Waals surface area contributed by atoms with Crippen molar-refractivity contribution in [2.45, 2.75) is 0 Å². The zero-order chi connectivity index (χ0) is 19.0. The topological polar surface area (TPSA) is 30.0 Å². The molecule has 2 nitrogen and oxygen atoms in total. The number of carbonyl (C=O) groups excluding carboxylic acids is 1. The van der Waals surface area contributed by atoms with Gasteiger partial charge in [0, 0.05) is 17.3 Å². The number of rotatable bonds is 3. The van der Waals surface area contributed by atoms with Crippen molar-refractivity contribution in [1.29, 1.82) is 0 Å². The van der Waals surface area contributed by atoms with Crippen LogP contribution >= 0.6 is 69.6 Å². The first-order valence-corrected chi connectivity index (χ1v) is 9.33. The molecule has 0 spiro atoms. The van der Waals surface area contributed by atoms with Crippen molar-refractivity contribution in [1.82, 2.24) is 4.98 Å². The summed E-state index contributed by atoms with van der Waals surface area (Å²) in [6.45, 7) is 0. The van der Waals surface area contributed by atoms with Crippen LogP contribution in [0.5, 0.6) is 0 Å². The Kier molecular flexibility index (Phi) is 6.03. The van der Waals surface area contributed by atoms with Gasteiger partial charge in [-0.2, -0.15) is 0 Å².